The quantitative estimate of drug-likeness (QED) is 0.841. The monoisotopic (exact) mass is 279 g/mol. The molecule has 20 heavy (non-hydrogen) atoms. The van der Waals surface area contributed by atoms with Crippen molar-refractivity contribution in [1.82, 2.24) is 15.0 Å². The summed E-state index contributed by atoms with van der Waals surface area (Å²) >= 11 is 0. The zero-order valence-electron chi connectivity index (χ0n) is 11.9. The SMILES string of the molecule is Cc1nc([C@@H]2CCCN(C(=O)C[C@@H]3CCCO3)C2)no1. The molecule has 1 aromatic rings. The van der Waals surface area contributed by atoms with Crippen molar-refractivity contribution in [2.24, 2.45) is 0 Å². The van der Waals surface area contributed by atoms with Gasteiger partial charge in [-0.25, -0.2) is 0 Å². The lowest BCUT2D eigenvalue weighted by molar-refractivity contribution is -0.134. The normalized spacial score (nSPS) is 26.9. The molecule has 2 atom stereocenters. The lowest BCUT2D eigenvalue weighted by Crippen LogP contribution is -2.40. The van der Waals surface area contributed by atoms with Crippen LogP contribution in [0.5, 0.6) is 0 Å². The highest BCUT2D eigenvalue weighted by atomic mass is 16.5. The first kappa shape index (κ1) is 13.5. The smallest absolute Gasteiger partial charge is 0.225 e. The van der Waals surface area contributed by atoms with Crippen LogP contribution in [0.2, 0.25) is 0 Å². The molecule has 0 saturated carbocycles. The van der Waals surface area contributed by atoms with E-state index in [1.807, 2.05) is 4.90 Å². The van der Waals surface area contributed by atoms with Crippen molar-refractivity contribution >= 4 is 5.91 Å². The molecule has 3 rings (SSSR count). The molecule has 6 heteroatoms. The van der Waals surface area contributed by atoms with Crippen LogP contribution in [-0.4, -0.2) is 46.7 Å². The lowest BCUT2D eigenvalue weighted by atomic mass is 9.97. The van der Waals surface area contributed by atoms with E-state index in [0.717, 1.165) is 44.7 Å². The molecule has 1 amide bonds. The van der Waals surface area contributed by atoms with E-state index in [4.69, 9.17) is 9.26 Å². The Morgan fingerprint density at radius 2 is 2.30 bits per heavy atom. The van der Waals surface area contributed by atoms with Crippen LogP contribution in [0.25, 0.3) is 0 Å². The summed E-state index contributed by atoms with van der Waals surface area (Å²) in [5.74, 6) is 1.72. The van der Waals surface area contributed by atoms with Gasteiger partial charge in [0.15, 0.2) is 5.82 Å². The van der Waals surface area contributed by atoms with Gasteiger partial charge in [-0.2, -0.15) is 4.98 Å². The van der Waals surface area contributed by atoms with Gasteiger partial charge in [0.25, 0.3) is 0 Å². The number of likely N-dealkylation sites (tertiary alicyclic amines) is 1. The predicted molar refractivity (Wildman–Crippen MR) is 71.2 cm³/mol. The molecule has 0 spiro atoms. The Bertz CT molecular complexity index is 468. The van der Waals surface area contributed by atoms with Crippen LogP contribution in [0.4, 0.5) is 0 Å². The molecule has 0 aromatic carbocycles. The van der Waals surface area contributed by atoms with Gasteiger partial charge in [-0.15, -0.1) is 0 Å². The van der Waals surface area contributed by atoms with Crippen LogP contribution in [0.1, 0.15) is 49.7 Å². The summed E-state index contributed by atoms with van der Waals surface area (Å²) in [5, 5.41) is 3.99. The molecule has 0 unspecified atom stereocenters. The predicted octanol–water partition coefficient (Wildman–Crippen LogP) is 1.65. The van der Waals surface area contributed by atoms with Crippen LogP contribution in [-0.2, 0) is 9.53 Å². The minimum absolute atomic E-state index is 0.121. The minimum Gasteiger partial charge on any atom is -0.378 e. The summed E-state index contributed by atoms with van der Waals surface area (Å²) < 4.78 is 10.6. The van der Waals surface area contributed by atoms with E-state index in [1.165, 1.54) is 0 Å². The Morgan fingerprint density at radius 3 is 3.00 bits per heavy atom. The number of hydrogen-bond acceptors (Lipinski definition) is 5. The fraction of sp³-hybridized carbons (Fsp3) is 0.786. The van der Waals surface area contributed by atoms with Crippen molar-refractivity contribution < 1.29 is 14.1 Å². The summed E-state index contributed by atoms with van der Waals surface area (Å²) in [6, 6.07) is 0. The molecule has 3 heterocycles. The summed E-state index contributed by atoms with van der Waals surface area (Å²) in [4.78, 5) is 18.5. The second kappa shape index (κ2) is 5.91. The summed E-state index contributed by atoms with van der Waals surface area (Å²) in [6.07, 6.45) is 4.72. The van der Waals surface area contributed by atoms with Crippen LogP contribution in [0, 0.1) is 6.92 Å². The van der Waals surface area contributed by atoms with Crippen molar-refractivity contribution in [2.45, 2.75) is 51.0 Å². The van der Waals surface area contributed by atoms with Crippen molar-refractivity contribution in [2.75, 3.05) is 19.7 Å². The molecule has 6 nitrogen and oxygen atoms in total. The first-order valence-corrected chi connectivity index (χ1v) is 7.42. The molecule has 0 bridgehead atoms. The Morgan fingerprint density at radius 1 is 1.40 bits per heavy atom. The molecule has 2 saturated heterocycles. The molecule has 110 valence electrons. The maximum absolute atomic E-state index is 12.3. The first-order valence-electron chi connectivity index (χ1n) is 7.42. The Hall–Kier alpha value is -1.43. The lowest BCUT2D eigenvalue weighted by Gasteiger charge is -2.31. The third-order valence-corrected chi connectivity index (χ3v) is 4.11. The Labute approximate surface area is 118 Å². The molecular weight excluding hydrogens is 258 g/mol. The molecule has 1 aromatic heterocycles. The van der Waals surface area contributed by atoms with Crippen molar-refractivity contribution in [1.29, 1.82) is 0 Å². The van der Waals surface area contributed by atoms with Gasteiger partial charge in [0.05, 0.1) is 12.5 Å². The number of carbonyl (C=O) groups is 1. The van der Waals surface area contributed by atoms with E-state index in [1.54, 1.807) is 6.92 Å². The second-order valence-corrected chi connectivity index (χ2v) is 5.69. The van der Waals surface area contributed by atoms with E-state index in [0.29, 0.717) is 18.9 Å². The average molecular weight is 279 g/mol. The van der Waals surface area contributed by atoms with Crippen LogP contribution in [0.15, 0.2) is 4.52 Å². The number of nitrogens with zero attached hydrogens (tertiary/aromatic N) is 3. The third kappa shape index (κ3) is 3.00. The van der Waals surface area contributed by atoms with E-state index in [-0.39, 0.29) is 17.9 Å². The van der Waals surface area contributed by atoms with E-state index >= 15 is 0 Å². The van der Waals surface area contributed by atoms with Crippen molar-refractivity contribution in [3.05, 3.63) is 11.7 Å². The van der Waals surface area contributed by atoms with Crippen LogP contribution < -0.4 is 0 Å². The van der Waals surface area contributed by atoms with Gasteiger partial charge in [-0.1, -0.05) is 5.16 Å². The zero-order chi connectivity index (χ0) is 13.9. The fourth-order valence-electron chi connectivity index (χ4n) is 3.02. The molecule has 0 N–H and O–H groups in total. The standard InChI is InChI=1S/C14H21N3O3/c1-10-15-14(16-20-10)11-4-2-6-17(9-11)13(18)8-12-5-3-7-19-12/h11-12H,2-9H2,1H3/t11-,12+/m1/s1. The molecule has 2 aliphatic heterocycles. The van der Waals surface area contributed by atoms with Crippen molar-refractivity contribution in [3.63, 3.8) is 0 Å². The minimum atomic E-state index is 0.121. The van der Waals surface area contributed by atoms with Gasteiger partial charge < -0.3 is 14.2 Å². The number of ether oxygens (including phenoxy) is 1. The fourth-order valence-corrected chi connectivity index (χ4v) is 3.02. The maximum atomic E-state index is 12.3. The molecular formula is C14H21N3O3. The topological polar surface area (TPSA) is 68.5 Å². The van der Waals surface area contributed by atoms with Gasteiger partial charge in [-0.3, -0.25) is 4.79 Å². The molecule has 0 aliphatic carbocycles. The molecule has 0 radical (unpaired) electrons. The summed E-state index contributed by atoms with van der Waals surface area (Å²) in [5.41, 5.74) is 0. The number of hydrogen-bond donors (Lipinski definition) is 0. The number of carbonyl (C=O) groups excluding carboxylic acids is 1. The highest BCUT2D eigenvalue weighted by Gasteiger charge is 2.29. The van der Waals surface area contributed by atoms with E-state index < -0.39 is 0 Å². The average Bonchev–Trinajstić information content (AvgIpc) is 3.10. The number of aryl methyl sites for hydroxylation is 1. The van der Waals surface area contributed by atoms with E-state index in [2.05, 4.69) is 10.1 Å². The zero-order valence-corrected chi connectivity index (χ0v) is 11.9. The van der Waals surface area contributed by atoms with Crippen LogP contribution in [0.3, 0.4) is 0 Å². The Kier molecular flexibility index (Phi) is 4.00. The first-order chi connectivity index (χ1) is 9.72. The highest BCUT2D eigenvalue weighted by molar-refractivity contribution is 5.76. The second-order valence-electron chi connectivity index (χ2n) is 5.69. The third-order valence-electron chi connectivity index (χ3n) is 4.11. The number of rotatable bonds is 3. The van der Waals surface area contributed by atoms with E-state index in [9.17, 15) is 4.79 Å². The number of amides is 1. The largest absolute Gasteiger partial charge is 0.378 e. The van der Waals surface area contributed by atoms with Gasteiger partial charge in [0.2, 0.25) is 11.8 Å². The van der Waals surface area contributed by atoms with Gasteiger partial charge in [0.1, 0.15) is 0 Å². The van der Waals surface area contributed by atoms with Crippen LogP contribution >= 0.6 is 0 Å². The number of piperidine rings is 1. The van der Waals surface area contributed by atoms with Gasteiger partial charge in [0, 0.05) is 32.5 Å². The van der Waals surface area contributed by atoms with Crippen molar-refractivity contribution in [3.8, 4) is 0 Å². The number of aromatic nitrogens is 2. The molecule has 2 fully saturated rings. The Balaban J connectivity index is 1.58. The molecule has 2 aliphatic rings. The highest BCUT2D eigenvalue weighted by Crippen LogP contribution is 2.26. The maximum Gasteiger partial charge on any atom is 0.225 e. The summed E-state index contributed by atoms with van der Waals surface area (Å²) in [6.45, 7) is 4.12. The summed E-state index contributed by atoms with van der Waals surface area (Å²) in [7, 11) is 0. The van der Waals surface area contributed by atoms with Gasteiger partial charge in [-0.05, 0) is 25.7 Å². The van der Waals surface area contributed by atoms with Gasteiger partial charge >= 0.3 is 0 Å².